The molecule has 0 aliphatic heterocycles. The second-order valence-electron chi connectivity index (χ2n) is 5.15. The summed E-state index contributed by atoms with van der Waals surface area (Å²) >= 11 is 0. The average molecular weight is 313 g/mol. The number of rotatable bonds is 3. The van der Waals surface area contributed by atoms with Crippen molar-refractivity contribution >= 4 is 22.8 Å². The lowest BCUT2D eigenvalue weighted by atomic mass is 10.4. The molecule has 0 fully saturated rings. The number of nitrogens with one attached hydrogen (secondary N) is 1. The average Bonchev–Trinajstić information content (AvgIpc) is 2.95. The Morgan fingerprint density at radius 1 is 1.17 bits per heavy atom. The van der Waals surface area contributed by atoms with Gasteiger partial charge in [0.05, 0.1) is 5.39 Å². The van der Waals surface area contributed by atoms with Crippen molar-refractivity contribution in [2.24, 2.45) is 14.1 Å². The molecule has 0 spiro atoms. The third-order valence-electron chi connectivity index (χ3n) is 3.61. The number of carbonyl (C=O) groups excluding carboxylic acids is 1. The van der Waals surface area contributed by atoms with Gasteiger partial charge in [-0.25, -0.2) is 9.78 Å². The van der Waals surface area contributed by atoms with E-state index >= 15 is 0 Å². The highest BCUT2D eigenvalue weighted by molar-refractivity contribution is 5.90. The van der Waals surface area contributed by atoms with Crippen molar-refractivity contribution in [1.29, 1.82) is 0 Å². The van der Waals surface area contributed by atoms with Gasteiger partial charge in [-0.3, -0.25) is 18.7 Å². The maximum absolute atomic E-state index is 12.1. The molecule has 0 radical (unpaired) electrons. The molecule has 0 aliphatic rings. The fraction of sp³-hybridized carbons (Fsp3) is 0.200. The molecule has 0 saturated heterocycles. The predicted molar refractivity (Wildman–Crippen MR) is 85.3 cm³/mol. The van der Waals surface area contributed by atoms with E-state index in [1.807, 2.05) is 0 Å². The molecule has 0 aliphatic carbocycles. The fourth-order valence-corrected chi connectivity index (χ4v) is 2.49. The first-order valence-corrected chi connectivity index (χ1v) is 6.95. The van der Waals surface area contributed by atoms with Crippen LogP contribution in [-0.4, -0.2) is 24.6 Å². The molecule has 0 saturated carbocycles. The number of aromatic nitrogens is 4. The molecule has 118 valence electrons. The maximum atomic E-state index is 12.1. The number of amides is 1. The number of carbonyl (C=O) groups is 1. The molecule has 1 N–H and O–H groups in total. The summed E-state index contributed by atoms with van der Waals surface area (Å²) in [6.07, 6.45) is 3.19. The second kappa shape index (κ2) is 5.56. The van der Waals surface area contributed by atoms with Crippen LogP contribution >= 0.6 is 0 Å². The third-order valence-corrected chi connectivity index (χ3v) is 3.61. The molecular formula is C15H15N5O3. The highest BCUT2D eigenvalue weighted by atomic mass is 16.2. The molecule has 3 rings (SSSR count). The van der Waals surface area contributed by atoms with Crippen LogP contribution < -0.4 is 16.6 Å². The second-order valence-corrected chi connectivity index (χ2v) is 5.15. The van der Waals surface area contributed by atoms with Gasteiger partial charge in [-0.2, -0.15) is 0 Å². The van der Waals surface area contributed by atoms with Gasteiger partial charge in [0, 0.05) is 26.5 Å². The van der Waals surface area contributed by atoms with Crippen molar-refractivity contribution in [2.45, 2.75) is 6.54 Å². The van der Waals surface area contributed by atoms with Crippen molar-refractivity contribution in [3.8, 4) is 0 Å². The molecular weight excluding hydrogens is 298 g/mol. The number of fused-ring (bicyclic) bond motifs is 1. The van der Waals surface area contributed by atoms with Gasteiger partial charge in [-0.05, 0) is 18.2 Å². The Morgan fingerprint density at radius 2 is 1.96 bits per heavy atom. The van der Waals surface area contributed by atoms with Crippen LogP contribution in [0.1, 0.15) is 0 Å². The SMILES string of the molecule is Cn1c(=O)c2ccn(CC(=O)Nc3ccccn3)c2n(C)c1=O. The normalized spacial score (nSPS) is 10.9. The zero-order valence-corrected chi connectivity index (χ0v) is 12.7. The van der Waals surface area contributed by atoms with Gasteiger partial charge in [0.1, 0.15) is 18.0 Å². The van der Waals surface area contributed by atoms with Gasteiger partial charge in [-0.1, -0.05) is 6.07 Å². The first-order valence-electron chi connectivity index (χ1n) is 6.95. The van der Waals surface area contributed by atoms with Crippen LogP contribution in [0, 0.1) is 0 Å². The van der Waals surface area contributed by atoms with E-state index in [1.54, 1.807) is 48.3 Å². The van der Waals surface area contributed by atoms with Crippen LogP contribution in [0.3, 0.4) is 0 Å². The van der Waals surface area contributed by atoms with Gasteiger partial charge in [0.15, 0.2) is 0 Å². The maximum Gasteiger partial charge on any atom is 0.332 e. The Kier molecular flexibility index (Phi) is 3.57. The summed E-state index contributed by atoms with van der Waals surface area (Å²) in [4.78, 5) is 40.3. The smallest absolute Gasteiger partial charge is 0.324 e. The summed E-state index contributed by atoms with van der Waals surface area (Å²) in [5.74, 6) is 0.146. The minimum absolute atomic E-state index is 0.0273. The van der Waals surface area contributed by atoms with Gasteiger partial charge in [-0.15, -0.1) is 0 Å². The summed E-state index contributed by atoms with van der Waals surface area (Å²) in [5.41, 5.74) is -0.408. The van der Waals surface area contributed by atoms with Gasteiger partial charge >= 0.3 is 5.69 Å². The monoisotopic (exact) mass is 313 g/mol. The van der Waals surface area contributed by atoms with Crippen molar-refractivity contribution in [3.63, 3.8) is 0 Å². The van der Waals surface area contributed by atoms with E-state index in [1.165, 1.54) is 11.6 Å². The molecule has 8 nitrogen and oxygen atoms in total. The summed E-state index contributed by atoms with van der Waals surface area (Å²) < 4.78 is 3.96. The van der Waals surface area contributed by atoms with E-state index in [-0.39, 0.29) is 18.0 Å². The van der Waals surface area contributed by atoms with Crippen molar-refractivity contribution in [2.75, 3.05) is 5.32 Å². The van der Waals surface area contributed by atoms with Crippen LogP contribution in [0.5, 0.6) is 0 Å². The zero-order chi connectivity index (χ0) is 16.6. The zero-order valence-electron chi connectivity index (χ0n) is 12.7. The Bertz CT molecular complexity index is 998. The lowest BCUT2D eigenvalue weighted by molar-refractivity contribution is -0.116. The van der Waals surface area contributed by atoms with E-state index in [4.69, 9.17) is 0 Å². The minimum atomic E-state index is -0.437. The molecule has 0 bridgehead atoms. The molecule has 0 unspecified atom stereocenters. The Balaban J connectivity index is 1.97. The number of nitrogens with zero attached hydrogens (tertiary/aromatic N) is 4. The van der Waals surface area contributed by atoms with Gasteiger partial charge in [0.2, 0.25) is 5.91 Å². The quantitative estimate of drug-likeness (QED) is 0.741. The van der Waals surface area contributed by atoms with Gasteiger partial charge in [0.25, 0.3) is 5.56 Å². The van der Waals surface area contributed by atoms with E-state index in [0.717, 1.165) is 4.57 Å². The fourth-order valence-electron chi connectivity index (χ4n) is 2.49. The largest absolute Gasteiger partial charge is 0.332 e. The van der Waals surface area contributed by atoms with E-state index in [9.17, 15) is 14.4 Å². The summed E-state index contributed by atoms with van der Waals surface area (Å²) in [6.45, 7) is -0.0273. The van der Waals surface area contributed by atoms with Crippen LogP contribution in [0.2, 0.25) is 0 Å². The molecule has 23 heavy (non-hydrogen) atoms. The number of anilines is 1. The summed E-state index contributed by atoms with van der Waals surface area (Å²) in [5, 5.41) is 3.05. The standard InChI is InChI=1S/C15H15N5O3/c1-18-13-10(14(22)19(2)15(18)23)6-8-20(13)9-12(21)17-11-5-3-4-7-16-11/h3-8H,9H2,1-2H3,(H,16,17,21). The van der Waals surface area contributed by atoms with E-state index in [0.29, 0.717) is 16.9 Å². The number of hydrogen-bond donors (Lipinski definition) is 1. The minimum Gasteiger partial charge on any atom is -0.324 e. The van der Waals surface area contributed by atoms with Crippen LogP contribution in [-0.2, 0) is 25.4 Å². The third kappa shape index (κ3) is 2.54. The summed E-state index contributed by atoms with van der Waals surface area (Å²) in [7, 11) is 2.99. The highest BCUT2D eigenvalue weighted by Gasteiger charge is 2.14. The van der Waals surface area contributed by atoms with Gasteiger partial charge < -0.3 is 9.88 Å². The van der Waals surface area contributed by atoms with E-state index < -0.39 is 5.69 Å². The molecule has 1 amide bonds. The number of hydrogen-bond acceptors (Lipinski definition) is 4. The topological polar surface area (TPSA) is 90.9 Å². The lowest BCUT2D eigenvalue weighted by Crippen LogP contribution is -2.37. The van der Waals surface area contributed by atoms with Crippen LogP contribution in [0.4, 0.5) is 5.82 Å². The molecule has 3 heterocycles. The number of pyridine rings is 1. The summed E-state index contributed by atoms with van der Waals surface area (Å²) in [6, 6.07) is 6.80. The Hall–Kier alpha value is -3.16. The highest BCUT2D eigenvalue weighted by Crippen LogP contribution is 2.10. The van der Waals surface area contributed by atoms with Crippen molar-refractivity contribution in [1.82, 2.24) is 18.7 Å². The molecule has 0 atom stereocenters. The van der Waals surface area contributed by atoms with Crippen LogP contribution in [0.25, 0.3) is 11.0 Å². The molecule has 8 heteroatoms. The first-order chi connectivity index (χ1) is 11.0. The molecule has 3 aromatic rings. The predicted octanol–water partition coefficient (Wildman–Crippen LogP) is 0.0724. The molecule has 0 aromatic carbocycles. The van der Waals surface area contributed by atoms with Crippen molar-refractivity contribution < 1.29 is 4.79 Å². The van der Waals surface area contributed by atoms with E-state index in [2.05, 4.69) is 10.3 Å². The van der Waals surface area contributed by atoms with Crippen LogP contribution in [0.15, 0.2) is 46.2 Å². The Labute approximate surface area is 130 Å². The number of aryl methyl sites for hydroxylation is 1. The first kappa shape index (κ1) is 14.8. The lowest BCUT2D eigenvalue weighted by Gasteiger charge is -2.10. The Morgan fingerprint density at radius 3 is 2.65 bits per heavy atom. The molecule has 3 aromatic heterocycles. The van der Waals surface area contributed by atoms with Crippen molar-refractivity contribution in [3.05, 3.63) is 57.5 Å².